The number of benzene rings is 1. The minimum Gasteiger partial charge on any atom is -0.473 e. The second-order valence-electron chi connectivity index (χ2n) is 7.33. The molecule has 1 aliphatic rings. The lowest BCUT2D eigenvalue weighted by atomic mass is 9.98. The Morgan fingerprint density at radius 3 is 2.41 bits per heavy atom. The summed E-state index contributed by atoms with van der Waals surface area (Å²) in [5.74, 6) is -2.18. The molecule has 10 nitrogen and oxygen atoms in total. The van der Waals surface area contributed by atoms with E-state index in [9.17, 15) is 4.79 Å². The number of aliphatic carboxylic acids is 2. The van der Waals surface area contributed by atoms with Crippen LogP contribution < -0.4 is 5.32 Å². The molecule has 0 atom stereocenters. The number of halogens is 1. The first-order valence-corrected chi connectivity index (χ1v) is 12.7. The maximum atomic E-state index is 12.2. The Balaban J connectivity index is 0.000000604. The van der Waals surface area contributed by atoms with Gasteiger partial charge in [-0.15, -0.1) is 10.2 Å². The molecule has 3 N–H and O–H groups in total. The SMILES string of the molecule is CCSc1nnc(NC(=O)CN2CCC(COCc3ccc(Cl)cc3)CC2)s1.O=C(O)C(=O)O. The van der Waals surface area contributed by atoms with Crippen LogP contribution in [0.25, 0.3) is 0 Å². The van der Waals surface area contributed by atoms with Crippen LogP contribution in [0.1, 0.15) is 25.3 Å². The quantitative estimate of drug-likeness (QED) is 0.251. The molecule has 34 heavy (non-hydrogen) atoms. The zero-order valence-corrected chi connectivity index (χ0v) is 21.0. The fourth-order valence-corrected chi connectivity index (χ4v) is 4.83. The van der Waals surface area contributed by atoms with E-state index in [4.69, 9.17) is 36.1 Å². The molecule has 2 aromatic rings. The second-order valence-corrected chi connectivity index (χ2v) is 10.3. The monoisotopic (exact) mass is 530 g/mol. The Hall–Kier alpha value is -2.25. The third-order valence-electron chi connectivity index (χ3n) is 4.71. The zero-order chi connectivity index (χ0) is 24.9. The molecule has 0 saturated carbocycles. The standard InChI is InChI=1S/C19H25ClN4O2S2.C2H2O4/c1-2-27-19-23-22-18(28-19)21-17(25)11-24-9-7-15(8-10-24)13-26-12-14-3-5-16(20)6-4-14;3-1(4)2(5)6/h3-6,15H,2,7-13H2,1H3,(H,21,22,25);(H,3,4)(H,5,6). The van der Waals surface area contributed by atoms with Gasteiger partial charge in [-0.2, -0.15) is 0 Å². The minimum absolute atomic E-state index is 0.0263. The molecule has 1 aromatic heterocycles. The number of thioether (sulfide) groups is 1. The van der Waals surface area contributed by atoms with Crippen molar-refractivity contribution in [2.45, 2.75) is 30.7 Å². The van der Waals surface area contributed by atoms with Crippen LogP contribution >= 0.6 is 34.7 Å². The number of carboxylic acids is 2. The largest absolute Gasteiger partial charge is 0.473 e. The van der Waals surface area contributed by atoms with Crippen LogP contribution in [0, 0.1) is 5.92 Å². The average molecular weight is 531 g/mol. The molecule has 186 valence electrons. The molecule has 3 rings (SSSR count). The van der Waals surface area contributed by atoms with Crippen LogP contribution in [0.15, 0.2) is 28.6 Å². The summed E-state index contributed by atoms with van der Waals surface area (Å²) in [7, 11) is 0. The Labute approximate surface area is 210 Å². The van der Waals surface area contributed by atoms with E-state index in [0.717, 1.165) is 53.2 Å². The summed E-state index contributed by atoms with van der Waals surface area (Å²) in [6.45, 7) is 5.65. The number of rotatable bonds is 9. The van der Waals surface area contributed by atoms with Crippen LogP contribution in [-0.2, 0) is 25.7 Å². The number of nitrogens with one attached hydrogen (secondary N) is 1. The lowest BCUT2D eigenvalue weighted by Gasteiger charge is -2.31. The van der Waals surface area contributed by atoms with Gasteiger partial charge in [-0.1, -0.05) is 53.8 Å². The van der Waals surface area contributed by atoms with Gasteiger partial charge in [0.1, 0.15) is 0 Å². The first-order chi connectivity index (χ1) is 16.3. The van der Waals surface area contributed by atoms with Gasteiger partial charge in [0.2, 0.25) is 11.0 Å². The maximum absolute atomic E-state index is 12.2. The van der Waals surface area contributed by atoms with Crippen molar-refractivity contribution in [1.82, 2.24) is 15.1 Å². The van der Waals surface area contributed by atoms with Crippen molar-refractivity contribution in [1.29, 1.82) is 0 Å². The van der Waals surface area contributed by atoms with Crippen LogP contribution in [0.4, 0.5) is 5.13 Å². The third-order valence-corrected chi connectivity index (χ3v) is 6.82. The Morgan fingerprint density at radius 2 is 1.82 bits per heavy atom. The van der Waals surface area contributed by atoms with Crippen LogP contribution in [0.5, 0.6) is 0 Å². The second kappa shape index (κ2) is 14.9. The van der Waals surface area contributed by atoms with Gasteiger partial charge in [-0.25, -0.2) is 9.59 Å². The molecular weight excluding hydrogens is 504 g/mol. The number of nitrogens with zero attached hydrogens (tertiary/aromatic N) is 3. The van der Waals surface area contributed by atoms with Gasteiger partial charge in [0, 0.05) is 11.6 Å². The van der Waals surface area contributed by atoms with Gasteiger partial charge >= 0.3 is 11.9 Å². The number of hydrogen-bond acceptors (Lipinski definition) is 9. The van der Waals surface area contributed by atoms with Gasteiger partial charge in [-0.05, 0) is 55.3 Å². The van der Waals surface area contributed by atoms with E-state index in [-0.39, 0.29) is 5.91 Å². The van der Waals surface area contributed by atoms with Crippen molar-refractivity contribution >= 4 is 57.7 Å². The Bertz CT molecular complexity index is 924. The fraction of sp³-hybridized carbons (Fsp3) is 0.476. The van der Waals surface area contributed by atoms with Gasteiger partial charge in [0.05, 0.1) is 13.2 Å². The number of piperidine rings is 1. The van der Waals surface area contributed by atoms with E-state index >= 15 is 0 Å². The average Bonchev–Trinajstić information content (AvgIpc) is 3.23. The van der Waals surface area contributed by atoms with Crippen LogP contribution in [0.2, 0.25) is 5.02 Å². The summed E-state index contributed by atoms with van der Waals surface area (Å²) in [5, 5.41) is 27.0. The normalized spacial score (nSPS) is 14.2. The zero-order valence-electron chi connectivity index (χ0n) is 18.6. The van der Waals surface area contributed by atoms with Crippen molar-refractivity contribution in [3.8, 4) is 0 Å². The predicted octanol–water partition coefficient (Wildman–Crippen LogP) is 3.33. The lowest BCUT2D eigenvalue weighted by Crippen LogP contribution is -2.40. The lowest BCUT2D eigenvalue weighted by molar-refractivity contribution is -0.159. The molecule has 0 bridgehead atoms. The molecule has 0 unspecified atom stereocenters. The number of ether oxygens (including phenoxy) is 1. The highest BCUT2D eigenvalue weighted by atomic mass is 35.5. The first kappa shape index (κ1) is 28.0. The van der Waals surface area contributed by atoms with Crippen LogP contribution in [0.3, 0.4) is 0 Å². The van der Waals surface area contributed by atoms with Crippen molar-refractivity contribution in [3.05, 3.63) is 34.9 Å². The molecular formula is C21H27ClN4O6S2. The highest BCUT2D eigenvalue weighted by Gasteiger charge is 2.21. The molecule has 0 aliphatic carbocycles. The molecule has 1 aromatic carbocycles. The summed E-state index contributed by atoms with van der Waals surface area (Å²) >= 11 is 8.95. The summed E-state index contributed by atoms with van der Waals surface area (Å²) in [6, 6.07) is 7.75. The van der Waals surface area contributed by atoms with Crippen molar-refractivity contribution in [3.63, 3.8) is 0 Å². The molecule has 1 saturated heterocycles. The van der Waals surface area contributed by atoms with Crippen molar-refractivity contribution in [2.75, 3.05) is 37.3 Å². The van der Waals surface area contributed by atoms with E-state index in [1.165, 1.54) is 11.3 Å². The summed E-state index contributed by atoms with van der Waals surface area (Å²) < 4.78 is 6.75. The first-order valence-electron chi connectivity index (χ1n) is 10.5. The summed E-state index contributed by atoms with van der Waals surface area (Å²) in [4.78, 5) is 32.6. The topological polar surface area (TPSA) is 142 Å². The number of aromatic nitrogens is 2. The smallest absolute Gasteiger partial charge is 0.414 e. The van der Waals surface area contributed by atoms with E-state index in [0.29, 0.717) is 24.2 Å². The number of amides is 1. The highest BCUT2D eigenvalue weighted by Crippen LogP contribution is 2.25. The summed E-state index contributed by atoms with van der Waals surface area (Å²) in [5.41, 5.74) is 1.13. The van der Waals surface area contributed by atoms with Gasteiger partial charge in [0.15, 0.2) is 4.34 Å². The number of likely N-dealkylation sites (tertiary alicyclic amines) is 1. The van der Waals surface area contributed by atoms with Crippen molar-refractivity contribution in [2.24, 2.45) is 5.92 Å². The van der Waals surface area contributed by atoms with Gasteiger partial charge in [0.25, 0.3) is 0 Å². The molecule has 0 spiro atoms. The highest BCUT2D eigenvalue weighted by molar-refractivity contribution is 8.01. The van der Waals surface area contributed by atoms with E-state index in [1.807, 2.05) is 24.3 Å². The van der Waals surface area contributed by atoms with Crippen LogP contribution in [-0.4, -0.2) is 75.2 Å². The molecule has 1 fully saturated rings. The Kier molecular flexibility index (Phi) is 12.3. The predicted molar refractivity (Wildman–Crippen MR) is 130 cm³/mol. The maximum Gasteiger partial charge on any atom is 0.414 e. The van der Waals surface area contributed by atoms with Gasteiger partial charge < -0.3 is 14.9 Å². The van der Waals surface area contributed by atoms with Gasteiger partial charge in [-0.3, -0.25) is 15.0 Å². The fourth-order valence-electron chi connectivity index (χ4n) is 3.04. The molecule has 1 aliphatic heterocycles. The van der Waals surface area contributed by atoms with Crippen molar-refractivity contribution < 1.29 is 29.3 Å². The van der Waals surface area contributed by atoms with E-state index < -0.39 is 11.9 Å². The number of carbonyl (C=O) groups is 3. The number of hydrogen-bond donors (Lipinski definition) is 3. The molecule has 0 radical (unpaired) electrons. The Morgan fingerprint density at radius 1 is 1.18 bits per heavy atom. The molecule has 1 amide bonds. The molecule has 2 heterocycles. The number of carbonyl (C=O) groups excluding carboxylic acids is 1. The number of anilines is 1. The van der Waals surface area contributed by atoms with E-state index in [1.54, 1.807) is 11.8 Å². The third kappa shape index (κ3) is 10.8. The van der Waals surface area contributed by atoms with E-state index in [2.05, 4.69) is 27.3 Å². The number of carboxylic acid groups (broad SMARTS) is 2. The minimum atomic E-state index is -1.82. The molecule has 13 heteroatoms. The summed E-state index contributed by atoms with van der Waals surface area (Å²) in [6.07, 6.45) is 2.09.